The summed E-state index contributed by atoms with van der Waals surface area (Å²) in [5.41, 5.74) is 0.761. The monoisotopic (exact) mass is 530 g/mol. The van der Waals surface area contributed by atoms with Crippen molar-refractivity contribution in [2.45, 2.75) is 19.9 Å². The number of aromatic nitrogens is 2. The van der Waals surface area contributed by atoms with Crippen LogP contribution in [0, 0.1) is 5.82 Å². The van der Waals surface area contributed by atoms with Gasteiger partial charge in [-0.05, 0) is 52.8 Å². The number of methoxy groups -OCH3 is 1. The SMILES string of the molecule is CCc1cc(C(=O)OC)c(NC(=S)Nc2nn(Cc3c(F)cccc3Cl)cc2Br)s1. The summed E-state index contributed by atoms with van der Waals surface area (Å²) in [7, 11) is 1.33. The van der Waals surface area contributed by atoms with Crippen molar-refractivity contribution in [2.24, 2.45) is 0 Å². The maximum atomic E-state index is 14.0. The molecule has 6 nitrogen and oxygen atoms in total. The van der Waals surface area contributed by atoms with Gasteiger partial charge in [-0.15, -0.1) is 11.3 Å². The molecule has 0 saturated heterocycles. The van der Waals surface area contributed by atoms with Crippen molar-refractivity contribution in [1.82, 2.24) is 9.78 Å². The number of nitrogens with one attached hydrogen (secondary N) is 2. The molecule has 0 aliphatic rings. The van der Waals surface area contributed by atoms with E-state index in [0.717, 1.165) is 11.3 Å². The van der Waals surface area contributed by atoms with Crippen molar-refractivity contribution in [2.75, 3.05) is 17.7 Å². The van der Waals surface area contributed by atoms with Crippen LogP contribution in [0.15, 0.2) is 34.9 Å². The lowest BCUT2D eigenvalue weighted by molar-refractivity contribution is 0.0602. The lowest BCUT2D eigenvalue weighted by Crippen LogP contribution is -2.20. The molecule has 2 aromatic heterocycles. The molecule has 0 saturated carbocycles. The molecule has 0 amide bonds. The van der Waals surface area contributed by atoms with E-state index in [-0.39, 0.29) is 11.7 Å². The van der Waals surface area contributed by atoms with Gasteiger partial charge in [-0.25, -0.2) is 9.18 Å². The van der Waals surface area contributed by atoms with Crippen molar-refractivity contribution in [1.29, 1.82) is 0 Å². The molecular weight excluding hydrogens is 515 g/mol. The smallest absolute Gasteiger partial charge is 0.340 e. The minimum Gasteiger partial charge on any atom is -0.465 e. The fourth-order valence-corrected chi connectivity index (χ4v) is 4.51. The maximum Gasteiger partial charge on any atom is 0.340 e. The number of carbonyl (C=O) groups excluding carboxylic acids is 1. The van der Waals surface area contributed by atoms with Crippen molar-refractivity contribution >= 4 is 73.0 Å². The molecular formula is C19H17BrClFN4O2S2. The first-order chi connectivity index (χ1) is 14.3. The van der Waals surface area contributed by atoms with Gasteiger partial charge in [0, 0.05) is 21.7 Å². The van der Waals surface area contributed by atoms with E-state index in [1.54, 1.807) is 29.1 Å². The number of benzene rings is 1. The Bertz CT molecular complexity index is 1080. The summed E-state index contributed by atoms with van der Waals surface area (Å²) in [6.07, 6.45) is 2.47. The number of carbonyl (C=O) groups is 1. The third-order valence-electron chi connectivity index (χ3n) is 4.09. The van der Waals surface area contributed by atoms with Crippen LogP contribution >= 0.6 is 51.1 Å². The molecule has 0 aliphatic carbocycles. The number of rotatable bonds is 6. The third-order valence-corrected chi connectivity index (χ3v) is 6.43. The molecule has 158 valence electrons. The fourth-order valence-electron chi connectivity index (χ4n) is 2.62. The molecule has 2 heterocycles. The van der Waals surface area contributed by atoms with Crippen LogP contribution in [0.5, 0.6) is 0 Å². The summed E-state index contributed by atoms with van der Waals surface area (Å²) in [4.78, 5) is 13.0. The molecule has 11 heteroatoms. The summed E-state index contributed by atoms with van der Waals surface area (Å²) < 4.78 is 21.0. The van der Waals surface area contributed by atoms with Gasteiger partial charge in [0.1, 0.15) is 10.8 Å². The molecule has 3 rings (SSSR count). The molecule has 0 aliphatic heterocycles. The average molecular weight is 532 g/mol. The van der Waals surface area contributed by atoms with Gasteiger partial charge in [-0.1, -0.05) is 24.6 Å². The Kier molecular flexibility index (Phi) is 7.45. The van der Waals surface area contributed by atoms with Gasteiger partial charge in [-0.2, -0.15) is 5.10 Å². The topological polar surface area (TPSA) is 68.2 Å². The number of aryl methyl sites for hydroxylation is 1. The van der Waals surface area contributed by atoms with Gasteiger partial charge in [-0.3, -0.25) is 4.68 Å². The molecule has 0 radical (unpaired) electrons. The van der Waals surface area contributed by atoms with E-state index < -0.39 is 11.8 Å². The standard InChI is InChI=1S/C19H17BrClFN4O2S2/c1-3-10-7-11(18(27)28-2)17(30-10)24-19(29)23-16-13(20)9-26(25-16)8-12-14(21)5-4-6-15(12)22/h4-7,9H,3,8H2,1-2H3,(H2,23,24,25,29). The molecule has 30 heavy (non-hydrogen) atoms. The summed E-state index contributed by atoms with van der Waals surface area (Å²) >= 11 is 16.3. The third kappa shape index (κ3) is 5.18. The fraction of sp³-hybridized carbons (Fsp3) is 0.211. The Balaban J connectivity index is 1.74. The number of halogens is 3. The number of thiocarbonyl (C=S) groups is 1. The van der Waals surface area contributed by atoms with E-state index in [2.05, 4.69) is 31.7 Å². The Morgan fingerprint density at radius 2 is 2.20 bits per heavy atom. The number of thiophene rings is 1. The highest BCUT2D eigenvalue weighted by atomic mass is 79.9. The molecule has 2 N–H and O–H groups in total. The highest BCUT2D eigenvalue weighted by Crippen LogP contribution is 2.30. The van der Waals surface area contributed by atoms with Crippen LogP contribution in [0.1, 0.15) is 27.7 Å². The van der Waals surface area contributed by atoms with Gasteiger partial charge in [0.2, 0.25) is 0 Å². The minimum atomic E-state index is -0.441. The van der Waals surface area contributed by atoms with Crippen LogP contribution in [0.25, 0.3) is 0 Å². The second-order valence-corrected chi connectivity index (χ2v) is 8.91. The second kappa shape index (κ2) is 9.86. The predicted octanol–water partition coefficient (Wildman–Crippen LogP) is 5.71. The Labute approximate surface area is 195 Å². The van der Waals surface area contributed by atoms with Gasteiger partial charge in [0.05, 0.1) is 23.7 Å². The Morgan fingerprint density at radius 1 is 1.43 bits per heavy atom. The van der Waals surface area contributed by atoms with E-state index in [1.165, 1.54) is 24.5 Å². The summed E-state index contributed by atoms with van der Waals surface area (Å²) in [6, 6.07) is 6.31. The molecule has 0 fully saturated rings. The van der Waals surface area contributed by atoms with Crippen LogP contribution < -0.4 is 10.6 Å². The minimum absolute atomic E-state index is 0.156. The first kappa shape index (κ1) is 22.7. The van der Waals surface area contributed by atoms with Crippen molar-refractivity contribution in [3.8, 4) is 0 Å². The van der Waals surface area contributed by atoms with E-state index >= 15 is 0 Å². The molecule has 1 aromatic carbocycles. The van der Waals surface area contributed by atoms with E-state index in [9.17, 15) is 9.18 Å². The van der Waals surface area contributed by atoms with Crippen LogP contribution in [0.2, 0.25) is 5.02 Å². The van der Waals surface area contributed by atoms with Crippen LogP contribution in [0.3, 0.4) is 0 Å². The maximum absolute atomic E-state index is 14.0. The Morgan fingerprint density at radius 3 is 2.87 bits per heavy atom. The zero-order valence-corrected chi connectivity index (χ0v) is 19.9. The highest BCUT2D eigenvalue weighted by Gasteiger charge is 2.18. The van der Waals surface area contributed by atoms with Gasteiger partial charge in [0.25, 0.3) is 0 Å². The predicted molar refractivity (Wildman–Crippen MR) is 125 cm³/mol. The summed E-state index contributed by atoms with van der Waals surface area (Å²) in [5, 5.41) is 11.5. The highest BCUT2D eigenvalue weighted by molar-refractivity contribution is 9.10. The lowest BCUT2D eigenvalue weighted by Gasteiger charge is -2.09. The first-order valence-corrected chi connectivity index (χ1v) is 11.2. The zero-order chi connectivity index (χ0) is 21.8. The van der Waals surface area contributed by atoms with Gasteiger partial charge < -0.3 is 15.4 Å². The average Bonchev–Trinajstić information content (AvgIpc) is 3.27. The van der Waals surface area contributed by atoms with Gasteiger partial charge >= 0.3 is 5.97 Å². The van der Waals surface area contributed by atoms with Crippen LogP contribution in [0.4, 0.5) is 15.2 Å². The quantitative estimate of drug-likeness (QED) is 0.314. The summed E-state index contributed by atoms with van der Waals surface area (Å²) in [6.45, 7) is 2.15. The normalized spacial score (nSPS) is 10.7. The van der Waals surface area contributed by atoms with Gasteiger partial charge in [0.15, 0.2) is 10.9 Å². The number of anilines is 2. The van der Waals surface area contributed by atoms with Crippen molar-refractivity contribution < 1.29 is 13.9 Å². The van der Waals surface area contributed by atoms with E-state index in [4.69, 9.17) is 28.6 Å². The largest absolute Gasteiger partial charge is 0.465 e. The molecule has 3 aromatic rings. The van der Waals surface area contributed by atoms with Crippen molar-refractivity contribution in [3.05, 3.63) is 61.8 Å². The lowest BCUT2D eigenvalue weighted by atomic mass is 10.2. The molecule has 0 unspecified atom stereocenters. The van der Waals surface area contributed by atoms with Crippen LogP contribution in [-0.4, -0.2) is 28.0 Å². The number of nitrogens with zero attached hydrogens (tertiary/aromatic N) is 2. The molecule has 0 spiro atoms. The Hall–Kier alpha value is -2.01. The van der Waals surface area contributed by atoms with E-state index in [0.29, 0.717) is 31.4 Å². The first-order valence-electron chi connectivity index (χ1n) is 8.77. The number of esters is 1. The molecule has 0 atom stereocenters. The van der Waals surface area contributed by atoms with Crippen LogP contribution in [-0.2, 0) is 17.7 Å². The van der Waals surface area contributed by atoms with E-state index in [1.807, 2.05) is 6.92 Å². The molecule has 0 bridgehead atoms. The zero-order valence-electron chi connectivity index (χ0n) is 16.0. The number of hydrogen-bond acceptors (Lipinski definition) is 5. The second-order valence-electron chi connectivity index (χ2n) is 6.10. The number of ether oxygens (including phenoxy) is 1. The number of hydrogen-bond donors (Lipinski definition) is 2. The van der Waals surface area contributed by atoms with Crippen molar-refractivity contribution in [3.63, 3.8) is 0 Å². The summed E-state index contributed by atoms with van der Waals surface area (Å²) in [5.74, 6) is -0.407.